The molecule has 5 nitrogen and oxygen atoms in total. The molecule has 0 aromatic rings. The molecule has 0 rings (SSSR count). The van der Waals surface area contributed by atoms with Crippen molar-refractivity contribution in [2.24, 2.45) is 0 Å². The summed E-state index contributed by atoms with van der Waals surface area (Å²) >= 11 is 0. The number of carboxylic acid groups (broad SMARTS) is 1. The Labute approximate surface area is 173 Å². The van der Waals surface area contributed by atoms with Crippen LogP contribution in [0.1, 0.15) is 96.8 Å². The van der Waals surface area contributed by atoms with Gasteiger partial charge in [0.15, 0.2) is 0 Å². The van der Waals surface area contributed by atoms with E-state index < -0.39 is 24.2 Å². The summed E-state index contributed by atoms with van der Waals surface area (Å²) in [5.74, 6) is -1.33. The summed E-state index contributed by atoms with van der Waals surface area (Å²) in [4.78, 5) is 11.0. The van der Waals surface area contributed by atoms with Gasteiger partial charge < -0.3 is 24.6 Å². The molecule has 0 aromatic carbocycles. The van der Waals surface area contributed by atoms with Gasteiger partial charge in [0.25, 0.3) is 0 Å². The van der Waals surface area contributed by atoms with Crippen molar-refractivity contribution in [1.82, 2.24) is 0 Å². The minimum absolute atomic E-state index is 0.0932. The number of carboxylic acids is 1. The Morgan fingerprint density at radius 3 is 1.86 bits per heavy atom. The van der Waals surface area contributed by atoms with Crippen LogP contribution in [0.4, 0.5) is 0 Å². The van der Waals surface area contributed by atoms with Crippen LogP contribution in [0.2, 0.25) is 0 Å². The van der Waals surface area contributed by atoms with Gasteiger partial charge in [0, 0.05) is 12.4 Å². The first-order chi connectivity index (χ1) is 13.1. The molecule has 0 aliphatic rings. The zero-order valence-corrected chi connectivity index (χ0v) is 18.8. The van der Waals surface area contributed by atoms with Gasteiger partial charge in [0.2, 0.25) is 6.23 Å². The summed E-state index contributed by atoms with van der Waals surface area (Å²) in [6.45, 7) is 2.23. The molecule has 2 N–H and O–H groups in total. The lowest BCUT2D eigenvalue weighted by atomic mass is 9.89. The van der Waals surface area contributed by atoms with Crippen molar-refractivity contribution in [2.45, 2.75) is 109 Å². The molecule has 0 spiro atoms. The second kappa shape index (κ2) is 15.0. The van der Waals surface area contributed by atoms with Gasteiger partial charge in [-0.15, -0.1) is 0 Å². The van der Waals surface area contributed by atoms with E-state index in [0.29, 0.717) is 6.42 Å². The minimum Gasteiger partial charge on any atom is -0.550 e. The van der Waals surface area contributed by atoms with E-state index in [9.17, 15) is 20.1 Å². The van der Waals surface area contributed by atoms with Gasteiger partial charge in [-0.2, -0.15) is 0 Å². The Morgan fingerprint density at radius 1 is 0.929 bits per heavy atom. The second-order valence-corrected chi connectivity index (χ2v) is 9.12. The van der Waals surface area contributed by atoms with Gasteiger partial charge in [-0.3, -0.25) is 0 Å². The largest absolute Gasteiger partial charge is 0.550 e. The predicted molar refractivity (Wildman–Crippen MR) is 113 cm³/mol. The number of aliphatic carboxylic acids is 1. The number of rotatable bonds is 18. The number of unbranched alkanes of at least 4 members (excludes halogenated alkanes) is 10. The number of hydrogen-bond acceptors (Lipinski definition) is 4. The standard InChI is InChI=1S/C23H45NO4/c1-5-6-7-8-9-10-11-12-13-14-15-16-17-18-19-23(28,20-21(25)26)22(27)24(2,3)4/h10-11,22,27-28H,5-9,12-20H2,1-4H3/b11-10-/t22?,23-/m1/s1. The normalized spacial score (nSPS) is 15.6. The topological polar surface area (TPSA) is 80.6 Å². The maximum absolute atomic E-state index is 11.0. The Kier molecular flexibility index (Phi) is 14.5. The Balaban J connectivity index is 3.89. The van der Waals surface area contributed by atoms with E-state index in [0.717, 1.165) is 25.7 Å². The van der Waals surface area contributed by atoms with Crippen LogP contribution in [-0.4, -0.2) is 53.6 Å². The summed E-state index contributed by atoms with van der Waals surface area (Å²) in [5.41, 5.74) is -1.64. The van der Waals surface area contributed by atoms with Gasteiger partial charge in [0.05, 0.1) is 21.1 Å². The Bertz CT molecular complexity index is 431. The van der Waals surface area contributed by atoms with E-state index in [1.165, 1.54) is 44.9 Å². The molecule has 2 atom stereocenters. The van der Waals surface area contributed by atoms with E-state index in [-0.39, 0.29) is 10.9 Å². The van der Waals surface area contributed by atoms with E-state index in [4.69, 9.17) is 0 Å². The highest BCUT2D eigenvalue weighted by Crippen LogP contribution is 2.27. The summed E-state index contributed by atoms with van der Waals surface area (Å²) in [5, 5.41) is 32.1. The third-order valence-electron chi connectivity index (χ3n) is 5.29. The average Bonchev–Trinajstić information content (AvgIpc) is 2.60. The SMILES string of the molecule is CCCCCC/C=C\CCCCCCCC[C@@](O)(CC(=O)[O-])C(O)[N+](C)(C)C. The van der Waals surface area contributed by atoms with E-state index in [2.05, 4.69) is 19.1 Å². The summed E-state index contributed by atoms with van der Waals surface area (Å²) < 4.78 is 0.0932. The van der Waals surface area contributed by atoms with Gasteiger partial charge in [-0.1, -0.05) is 70.4 Å². The number of carbonyl (C=O) groups excluding carboxylic acids is 1. The molecule has 0 aliphatic carbocycles. The summed E-state index contributed by atoms with van der Waals surface area (Å²) in [6, 6.07) is 0. The molecule has 166 valence electrons. The molecule has 0 aromatic heterocycles. The van der Waals surface area contributed by atoms with Gasteiger partial charge >= 0.3 is 0 Å². The molecule has 5 heteroatoms. The fourth-order valence-electron chi connectivity index (χ4n) is 3.60. The molecule has 0 saturated heterocycles. The molecule has 0 fully saturated rings. The van der Waals surface area contributed by atoms with Crippen LogP contribution in [0.15, 0.2) is 12.2 Å². The summed E-state index contributed by atoms with van der Waals surface area (Å²) in [6.07, 6.45) is 17.1. The average molecular weight is 400 g/mol. The number of allylic oxidation sites excluding steroid dienone is 2. The molecule has 0 aliphatic heterocycles. The van der Waals surface area contributed by atoms with Crippen molar-refractivity contribution < 1.29 is 24.6 Å². The number of quaternary nitrogens is 1. The van der Waals surface area contributed by atoms with Crippen LogP contribution in [0, 0.1) is 0 Å². The molecule has 1 unspecified atom stereocenters. The Hall–Kier alpha value is -0.910. The molecule has 0 radical (unpaired) electrons. The van der Waals surface area contributed by atoms with Crippen molar-refractivity contribution in [2.75, 3.05) is 21.1 Å². The third kappa shape index (κ3) is 13.3. The van der Waals surface area contributed by atoms with Gasteiger partial charge in [-0.05, 0) is 32.1 Å². The molecule has 0 bridgehead atoms. The molecule has 28 heavy (non-hydrogen) atoms. The van der Waals surface area contributed by atoms with Crippen LogP contribution in [0.5, 0.6) is 0 Å². The molecular weight excluding hydrogens is 354 g/mol. The second-order valence-electron chi connectivity index (χ2n) is 9.12. The first-order valence-electron chi connectivity index (χ1n) is 11.2. The summed E-state index contributed by atoms with van der Waals surface area (Å²) in [7, 11) is 5.22. The van der Waals surface area contributed by atoms with Crippen molar-refractivity contribution in [3.63, 3.8) is 0 Å². The zero-order valence-electron chi connectivity index (χ0n) is 18.8. The highest BCUT2D eigenvalue weighted by molar-refractivity contribution is 5.65. The van der Waals surface area contributed by atoms with Crippen molar-refractivity contribution in [3.8, 4) is 0 Å². The highest BCUT2D eigenvalue weighted by Gasteiger charge is 2.43. The lowest BCUT2D eigenvalue weighted by Crippen LogP contribution is -2.60. The van der Waals surface area contributed by atoms with E-state index in [1.54, 1.807) is 21.1 Å². The van der Waals surface area contributed by atoms with Gasteiger partial charge in [-0.25, -0.2) is 0 Å². The first-order valence-corrected chi connectivity index (χ1v) is 11.2. The lowest BCUT2D eigenvalue weighted by Gasteiger charge is -2.41. The van der Waals surface area contributed by atoms with Crippen LogP contribution in [-0.2, 0) is 4.79 Å². The number of likely N-dealkylation sites (N-methyl/N-ethyl adjacent to an activating group) is 1. The highest BCUT2D eigenvalue weighted by atomic mass is 16.4. The molecule has 0 heterocycles. The van der Waals surface area contributed by atoms with Crippen molar-refractivity contribution in [3.05, 3.63) is 12.2 Å². The quantitative estimate of drug-likeness (QED) is 0.160. The number of aliphatic hydroxyl groups excluding tert-OH is 1. The lowest BCUT2D eigenvalue weighted by molar-refractivity contribution is -0.927. The fraction of sp³-hybridized carbons (Fsp3) is 0.870. The van der Waals surface area contributed by atoms with E-state index >= 15 is 0 Å². The molecule has 0 saturated carbocycles. The minimum atomic E-state index is -1.64. The number of aliphatic hydroxyl groups is 2. The zero-order chi connectivity index (χ0) is 21.5. The first kappa shape index (κ1) is 27.1. The van der Waals surface area contributed by atoms with Crippen LogP contribution in [0.3, 0.4) is 0 Å². The van der Waals surface area contributed by atoms with Gasteiger partial charge in [0.1, 0.15) is 5.60 Å². The van der Waals surface area contributed by atoms with Crippen molar-refractivity contribution >= 4 is 5.97 Å². The number of hydrogen-bond donors (Lipinski definition) is 2. The number of carbonyl (C=O) groups is 1. The molecular formula is C23H45NO4. The third-order valence-corrected chi connectivity index (χ3v) is 5.29. The van der Waals surface area contributed by atoms with E-state index in [1.807, 2.05) is 0 Å². The van der Waals surface area contributed by atoms with Crippen LogP contribution >= 0.6 is 0 Å². The number of nitrogens with zero attached hydrogens (tertiary/aromatic N) is 1. The maximum Gasteiger partial charge on any atom is 0.219 e. The van der Waals surface area contributed by atoms with Crippen LogP contribution < -0.4 is 5.11 Å². The predicted octanol–water partition coefficient (Wildman–Crippen LogP) is 3.53. The van der Waals surface area contributed by atoms with Crippen LogP contribution in [0.25, 0.3) is 0 Å². The fourth-order valence-corrected chi connectivity index (χ4v) is 3.60. The monoisotopic (exact) mass is 399 g/mol. The maximum atomic E-state index is 11.0. The molecule has 0 amide bonds. The Morgan fingerprint density at radius 2 is 1.39 bits per heavy atom. The smallest absolute Gasteiger partial charge is 0.219 e. The van der Waals surface area contributed by atoms with Crippen molar-refractivity contribution in [1.29, 1.82) is 0 Å².